The lowest BCUT2D eigenvalue weighted by Gasteiger charge is -2.30. The molecule has 30 heavy (non-hydrogen) atoms. The highest BCUT2D eigenvalue weighted by molar-refractivity contribution is 5.90. The summed E-state index contributed by atoms with van der Waals surface area (Å²) >= 11 is 0. The van der Waals surface area contributed by atoms with Crippen molar-refractivity contribution in [3.8, 4) is 0 Å². The fourth-order valence-electron chi connectivity index (χ4n) is 3.11. The van der Waals surface area contributed by atoms with Gasteiger partial charge in [0, 0.05) is 20.4 Å². The molecule has 3 rings (SSSR count). The first kappa shape index (κ1) is 21.3. The predicted octanol–water partition coefficient (Wildman–Crippen LogP) is 0.915. The van der Waals surface area contributed by atoms with E-state index >= 15 is 0 Å². The zero-order chi connectivity index (χ0) is 21.7. The number of carbonyl (C=O) groups is 3. The van der Waals surface area contributed by atoms with E-state index in [0.717, 1.165) is 0 Å². The number of hydrogen-bond acceptors (Lipinski definition) is 8. The molecule has 0 bridgehead atoms. The normalized spacial score (nSPS) is 18.4. The summed E-state index contributed by atoms with van der Waals surface area (Å²) < 4.78 is 24.8. The fraction of sp³-hybridized carbons (Fsp3) is 0.474. The van der Waals surface area contributed by atoms with Crippen LogP contribution in [-0.4, -0.2) is 74.8 Å². The maximum absolute atomic E-state index is 14.7. The molecule has 11 heteroatoms. The first-order chi connectivity index (χ1) is 14.3. The van der Waals surface area contributed by atoms with Crippen LogP contribution in [0.3, 0.4) is 0 Å². The average Bonchev–Trinajstić information content (AvgIpc) is 3.07. The van der Waals surface area contributed by atoms with Crippen molar-refractivity contribution in [2.24, 2.45) is 5.10 Å². The predicted molar refractivity (Wildman–Crippen MR) is 107 cm³/mol. The molecule has 0 aromatic heterocycles. The van der Waals surface area contributed by atoms with Crippen LogP contribution in [0.2, 0.25) is 0 Å². The molecular weight excluding hydrogens is 397 g/mol. The number of carbonyl (C=O) groups excluding carboxylic acids is 3. The summed E-state index contributed by atoms with van der Waals surface area (Å²) in [7, 11) is 0. The molecule has 162 valence electrons. The highest BCUT2D eigenvalue weighted by Gasteiger charge is 2.33. The van der Waals surface area contributed by atoms with E-state index in [9.17, 15) is 18.8 Å². The molecule has 1 aromatic rings. The summed E-state index contributed by atoms with van der Waals surface area (Å²) in [5.74, 6) is -1.05. The SMILES string of the molecule is CC(=O)NCC1CN(c2ccc(N3C=NN(CCOC(C)=O)CC3)c(F)c2)C(=O)O1. The second-order valence-electron chi connectivity index (χ2n) is 6.91. The Morgan fingerprint density at radius 3 is 2.77 bits per heavy atom. The highest BCUT2D eigenvalue weighted by atomic mass is 19.1. The largest absolute Gasteiger partial charge is 0.464 e. The van der Waals surface area contributed by atoms with E-state index < -0.39 is 18.0 Å². The number of cyclic esters (lactones) is 1. The molecule has 1 atom stereocenters. The van der Waals surface area contributed by atoms with E-state index in [4.69, 9.17) is 9.47 Å². The number of benzene rings is 1. The summed E-state index contributed by atoms with van der Waals surface area (Å²) in [4.78, 5) is 36.9. The second-order valence-corrected chi connectivity index (χ2v) is 6.91. The highest BCUT2D eigenvalue weighted by Crippen LogP contribution is 2.28. The third kappa shape index (κ3) is 5.37. The molecular formula is C19H24FN5O5. The van der Waals surface area contributed by atoms with Gasteiger partial charge in [-0.1, -0.05) is 0 Å². The van der Waals surface area contributed by atoms with Crippen molar-refractivity contribution in [2.45, 2.75) is 20.0 Å². The molecule has 0 spiro atoms. The number of halogens is 1. The number of anilines is 2. The maximum atomic E-state index is 14.7. The minimum absolute atomic E-state index is 0.205. The number of nitrogens with one attached hydrogen (secondary N) is 1. The van der Waals surface area contributed by atoms with Crippen molar-refractivity contribution < 1.29 is 28.2 Å². The number of esters is 1. The number of nitrogens with zero attached hydrogens (tertiary/aromatic N) is 4. The van der Waals surface area contributed by atoms with Gasteiger partial charge in [0.1, 0.15) is 24.9 Å². The Labute approximate surface area is 173 Å². The van der Waals surface area contributed by atoms with E-state index in [1.807, 2.05) is 0 Å². The Bertz CT molecular complexity index is 849. The molecule has 2 aliphatic rings. The topological polar surface area (TPSA) is 104 Å². The van der Waals surface area contributed by atoms with Gasteiger partial charge >= 0.3 is 12.1 Å². The van der Waals surface area contributed by atoms with Crippen LogP contribution in [0.5, 0.6) is 0 Å². The molecule has 2 heterocycles. The third-order valence-electron chi connectivity index (χ3n) is 4.61. The molecule has 1 fully saturated rings. The lowest BCUT2D eigenvalue weighted by molar-refractivity contribution is -0.141. The summed E-state index contributed by atoms with van der Waals surface area (Å²) in [5, 5.41) is 8.57. The van der Waals surface area contributed by atoms with Gasteiger partial charge in [0.15, 0.2) is 0 Å². The third-order valence-corrected chi connectivity index (χ3v) is 4.61. The molecule has 0 saturated carbocycles. The van der Waals surface area contributed by atoms with Crippen molar-refractivity contribution in [1.29, 1.82) is 0 Å². The van der Waals surface area contributed by atoms with Crippen LogP contribution >= 0.6 is 0 Å². The molecule has 1 saturated heterocycles. The molecule has 2 amide bonds. The minimum atomic E-state index is -0.583. The van der Waals surface area contributed by atoms with Crippen molar-refractivity contribution in [1.82, 2.24) is 10.3 Å². The number of rotatable bonds is 7. The van der Waals surface area contributed by atoms with Crippen LogP contribution in [0.4, 0.5) is 20.6 Å². The quantitative estimate of drug-likeness (QED) is 0.653. The van der Waals surface area contributed by atoms with E-state index in [1.54, 1.807) is 22.0 Å². The van der Waals surface area contributed by atoms with Gasteiger partial charge in [-0.05, 0) is 18.2 Å². The molecule has 1 unspecified atom stereocenters. The van der Waals surface area contributed by atoms with E-state index in [1.165, 1.54) is 31.2 Å². The lowest BCUT2D eigenvalue weighted by Crippen LogP contribution is -2.39. The zero-order valence-electron chi connectivity index (χ0n) is 16.8. The molecule has 1 N–H and O–H groups in total. The van der Waals surface area contributed by atoms with Crippen LogP contribution in [0.25, 0.3) is 0 Å². The van der Waals surface area contributed by atoms with E-state index in [0.29, 0.717) is 31.0 Å². The zero-order valence-corrected chi connectivity index (χ0v) is 16.8. The van der Waals surface area contributed by atoms with Gasteiger partial charge in [-0.15, -0.1) is 0 Å². The van der Waals surface area contributed by atoms with Crippen LogP contribution in [0, 0.1) is 5.82 Å². The minimum Gasteiger partial charge on any atom is -0.464 e. The van der Waals surface area contributed by atoms with Gasteiger partial charge in [0.25, 0.3) is 0 Å². The summed E-state index contributed by atoms with van der Waals surface area (Å²) in [6.07, 6.45) is 0.444. The van der Waals surface area contributed by atoms with Gasteiger partial charge in [-0.25, -0.2) is 9.18 Å². The van der Waals surface area contributed by atoms with E-state index in [-0.39, 0.29) is 31.6 Å². The Balaban J connectivity index is 1.60. The van der Waals surface area contributed by atoms with Crippen molar-refractivity contribution in [2.75, 3.05) is 49.1 Å². The number of amides is 2. The van der Waals surface area contributed by atoms with Crippen molar-refractivity contribution >= 4 is 35.7 Å². The molecule has 2 aliphatic heterocycles. The summed E-state index contributed by atoms with van der Waals surface area (Å²) in [6.45, 7) is 4.90. The Hall–Kier alpha value is -3.37. The van der Waals surface area contributed by atoms with Crippen LogP contribution in [0.15, 0.2) is 23.3 Å². The Morgan fingerprint density at radius 1 is 1.33 bits per heavy atom. The maximum Gasteiger partial charge on any atom is 0.414 e. The molecule has 10 nitrogen and oxygen atoms in total. The first-order valence-electron chi connectivity index (χ1n) is 9.54. The van der Waals surface area contributed by atoms with Gasteiger partial charge in [0.05, 0.1) is 37.6 Å². The van der Waals surface area contributed by atoms with Gasteiger partial charge in [-0.2, -0.15) is 5.10 Å². The average molecular weight is 421 g/mol. The van der Waals surface area contributed by atoms with Crippen LogP contribution in [0.1, 0.15) is 13.8 Å². The van der Waals surface area contributed by atoms with E-state index in [2.05, 4.69) is 10.4 Å². The first-order valence-corrected chi connectivity index (χ1v) is 9.54. The number of hydrogen-bond donors (Lipinski definition) is 1. The summed E-state index contributed by atoms with van der Waals surface area (Å²) in [5.41, 5.74) is 0.716. The molecule has 0 radical (unpaired) electrons. The van der Waals surface area contributed by atoms with Gasteiger partial charge < -0.3 is 19.7 Å². The Morgan fingerprint density at radius 2 is 2.13 bits per heavy atom. The molecule has 1 aromatic carbocycles. The van der Waals surface area contributed by atoms with Gasteiger partial charge in [0.2, 0.25) is 5.91 Å². The Kier molecular flexibility index (Phi) is 6.70. The van der Waals surface area contributed by atoms with Crippen LogP contribution < -0.4 is 15.1 Å². The monoisotopic (exact) mass is 421 g/mol. The number of hydrazone groups is 1. The smallest absolute Gasteiger partial charge is 0.414 e. The standard InChI is InChI=1S/C19H24FN5O5/c1-13(26)21-10-16-11-25(19(28)30-16)15-3-4-18(17(20)9-15)23-5-6-24(22-12-23)7-8-29-14(2)27/h3-4,9,12,16H,5-8,10-11H2,1-2H3,(H,21,26). The molecule has 0 aliphatic carbocycles. The van der Waals surface area contributed by atoms with Gasteiger partial charge in [-0.3, -0.25) is 19.5 Å². The lowest BCUT2D eigenvalue weighted by atomic mass is 10.2. The fourth-order valence-corrected chi connectivity index (χ4v) is 3.11. The summed E-state index contributed by atoms with van der Waals surface area (Å²) in [6, 6.07) is 4.50. The number of ether oxygens (including phenoxy) is 2. The van der Waals surface area contributed by atoms with Crippen molar-refractivity contribution in [3.05, 3.63) is 24.0 Å². The van der Waals surface area contributed by atoms with Crippen LogP contribution in [-0.2, 0) is 19.1 Å². The van der Waals surface area contributed by atoms with Crippen molar-refractivity contribution in [3.63, 3.8) is 0 Å². The second kappa shape index (κ2) is 9.42.